The summed E-state index contributed by atoms with van der Waals surface area (Å²) in [7, 11) is 0. The van der Waals surface area contributed by atoms with Gasteiger partial charge in [-0.15, -0.1) is 0 Å². The number of rotatable bonds is 7. The monoisotopic (exact) mass is 327 g/mol. The van der Waals surface area contributed by atoms with Crippen LogP contribution in [0.1, 0.15) is 24.2 Å². The number of nitro benzene ring substituents is 1. The molecule has 0 saturated carbocycles. The molecule has 126 valence electrons. The molecule has 0 bridgehead atoms. The Morgan fingerprint density at radius 2 is 1.83 bits per heavy atom. The lowest BCUT2D eigenvalue weighted by atomic mass is 10.0. The number of carbonyl (C=O) groups is 1. The highest BCUT2D eigenvalue weighted by Gasteiger charge is 2.16. The highest BCUT2D eigenvalue weighted by Crippen LogP contribution is 2.14. The molecule has 6 nitrogen and oxygen atoms in total. The molecule has 1 unspecified atom stereocenters. The molecule has 0 spiro atoms. The summed E-state index contributed by atoms with van der Waals surface area (Å²) in [4.78, 5) is 22.5. The Balaban J connectivity index is 2.00. The van der Waals surface area contributed by atoms with Gasteiger partial charge >= 0.3 is 0 Å². The summed E-state index contributed by atoms with van der Waals surface area (Å²) >= 11 is 0. The van der Waals surface area contributed by atoms with Crippen molar-refractivity contribution in [3.05, 3.63) is 70.3 Å². The molecule has 0 aliphatic heterocycles. The summed E-state index contributed by atoms with van der Waals surface area (Å²) in [5.74, 6) is -0.0187. The fourth-order valence-corrected chi connectivity index (χ4v) is 2.27. The van der Waals surface area contributed by atoms with Crippen LogP contribution in [0.4, 0.5) is 11.4 Å². The van der Waals surface area contributed by atoms with Crippen molar-refractivity contribution in [2.45, 2.75) is 19.9 Å². The van der Waals surface area contributed by atoms with Gasteiger partial charge in [0.05, 0.1) is 4.92 Å². The number of para-hydroxylation sites is 1. The first kappa shape index (κ1) is 17.5. The predicted octanol–water partition coefficient (Wildman–Crippen LogP) is 3.46. The van der Waals surface area contributed by atoms with Gasteiger partial charge in [0.15, 0.2) is 0 Å². The van der Waals surface area contributed by atoms with E-state index in [9.17, 15) is 14.9 Å². The third-order valence-electron chi connectivity index (χ3n) is 3.73. The summed E-state index contributed by atoms with van der Waals surface area (Å²) in [6, 6.07) is 15.6. The number of nitrogens with one attached hydrogen (secondary N) is 2. The van der Waals surface area contributed by atoms with E-state index in [0.29, 0.717) is 12.5 Å². The van der Waals surface area contributed by atoms with Crippen LogP contribution in [0, 0.1) is 16.0 Å². The second kappa shape index (κ2) is 8.10. The number of hydrogen-bond donors (Lipinski definition) is 2. The summed E-state index contributed by atoms with van der Waals surface area (Å²) in [6.45, 7) is 4.56. The van der Waals surface area contributed by atoms with E-state index < -0.39 is 4.92 Å². The summed E-state index contributed by atoms with van der Waals surface area (Å²) in [5, 5.41) is 17.0. The zero-order chi connectivity index (χ0) is 17.5. The van der Waals surface area contributed by atoms with Crippen LogP contribution in [-0.4, -0.2) is 23.4 Å². The summed E-state index contributed by atoms with van der Waals surface area (Å²) in [5.41, 5.74) is 1.18. The molecular formula is C18H21N3O3. The van der Waals surface area contributed by atoms with E-state index in [2.05, 4.69) is 24.5 Å². The maximum absolute atomic E-state index is 12.2. The third kappa shape index (κ3) is 4.81. The van der Waals surface area contributed by atoms with Crippen LogP contribution in [0.25, 0.3) is 0 Å². The highest BCUT2D eigenvalue weighted by atomic mass is 16.6. The van der Waals surface area contributed by atoms with Crippen LogP contribution in [0.15, 0.2) is 54.6 Å². The molecule has 0 saturated heterocycles. The van der Waals surface area contributed by atoms with Crippen LogP contribution in [-0.2, 0) is 0 Å². The average Bonchev–Trinajstić information content (AvgIpc) is 2.59. The van der Waals surface area contributed by atoms with Crippen LogP contribution in [0.3, 0.4) is 0 Å². The van der Waals surface area contributed by atoms with Crippen molar-refractivity contribution in [1.29, 1.82) is 0 Å². The molecule has 2 aromatic carbocycles. The first-order valence-electron chi connectivity index (χ1n) is 7.81. The van der Waals surface area contributed by atoms with Crippen LogP contribution in [0.2, 0.25) is 0 Å². The van der Waals surface area contributed by atoms with Gasteiger partial charge in [0.25, 0.3) is 11.6 Å². The maximum atomic E-state index is 12.2. The molecule has 0 aliphatic rings. The van der Waals surface area contributed by atoms with Gasteiger partial charge < -0.3 is 10.6 Å². The smallest absolute Gasteiger partial charge is 0.270 e. The zero-order valence-corrected chi connectivity index (χ0v) is 13.7. The van der Waals surface area contributed by atoms with E-state index in [1.807, 2.05) is 30.3 Å². The zero-order valence-electron chi connectivity index (χ0n) is 13.7. The van der Waals surface area contributed by atoms with E-state index in [0.717, 1.165) is 5.69 Å². The molecule has 6 heteroatoms. The minimum absolute atomic E-state index is 0.0510. The molecule has 1 atom stereocenters. The molecule has 2 aromatic rings. The second-order valence-electron chi connectivity index (χ2n) is 5.88. The normalized spacial score (nSPS) is 11.8. The lowest BCUT2D eigenvalue weighted by Gasteiger charge is -2.24. The van der Waals surface area contributed by atoms with Crippen molar-refractivity contribution in [2.75, 3.05) is 11.9 Å². The van der Waals surface area contributed by atoms with Gasteiger partial charge in [-0.05, 0) is 24.1 Å². The topological polar surface area (TPSA) is 84.3 Å². The van der Waals surface area contributed by atoms with Gasteiger partial charge in [0, 0.05) is 36.0 Å². The van der Waals surface area contributed by atoms with Gasteiger partial charge in [-0.2, -0.15) is 0 Å². The van der Waals surface area contributed by atoms with E-state index in [1.165, 1.54) is 18.2 Å². The van der Waals surface area contributed by atoms with Crippen molar-refractivity contribution >= 4 is 17.3 Å². The number of carbonyl (C=O) groups excluding carboxylic acids is 1. The Bertz CT molecular complexity index is 702. The first-order chi connectivity index (χ1) is 11.5. The fraction of sp³-hybridized carbons (Fsp3) is 0.278. The Labute approximate surface area is 141 Å². The Morgan fingerprint density at radius 1 is 1.12 bits per heavy atom. The minimum Gasteiger partial charge on any atom is -0.380 e. The van der Waals surface area contributed by atoms with Crippen molar-refractivity contribution < 1.29 is 9.72 Å². The Morgan fingerprint density at radius 3 is 2.46 bits per heavy atom. The van der Waals surface area contributed by atoms with Crippen LogP contribution in [0.5, 0.6) is 0 Å². The van der Waals surface area contributed by atoms with Crippen molar-refractivity contribution in [1.82, 2.24) is 5.32 Å². The molecule has 0 heterocycles. The second-order valence-corrected chi connectivity index (χ2v) is 5.88. The quantitative estimate of drug-likeness (QED) is 0.602. The highest BCUT2D eigenvalue weighted by molar-refractivity contribution is 5.94. The molecule has 24 heavy (non-hydrogen) atoms. The van der Waals surface area contributed by atoms with Gasteiger partial charge in [-0.25, -0.2) is 0 Å². The number of benzene rings is 2. The van der Waals surface area contributed by atoms with Crippen molar-refractivity contribution in [3.63, 3.8) is 0 Å². The van der Waals surface area contributed by atoms with Crippen LogP contribution >= 0.6 is 0 Å². The number of hydrogen-bond acceptors (Lipinski definition) is 4. The fourth-order valence-electron chi connectivity index (χ4n) is 2.27. The number of nitro groups is 1. The molecule has 0 aromatic heterocycles. The van der Waals surface area contributed by atoms with E-state index >= 15 is 0 Å². The summed E-state index contributed by atoms with van der Waals surface area (Å²) in [6.07, 6.45) is 0. The SMILES string of the molecule is CC(C)C(CNC(=O)c1cccc([N+](=O)[O-])c1)Nc1ccccc1. The van der Waals surface area contributed by atoms with Crippen molar-refractivity contribution in [3.8, 4) is 0 Å². The maximum Gasteiger partial charge on any atom is 0.270 e. The number of anilines is 1. The average molecular weight is 327 g/mol. The van der Waals surface area contributed by atoms with Gasteiger partial charge in [-0.3, -0.25) is 14.9 Å². The number of non-ortho nitro benzene ring substituents is 1. The van der Waals surface area contributed by atoms with E-state index in [-0.39, 0.29) is 23.2 Å². The molecule has 0 aliphatic carbocycles. The molecule has 2 rings (SSSR count). The predicted molar refractivity (Wildman–Crippen MR) is 94.1 cm³/mol. The molecular weight excluding hydrogens is 306 g/mol. The minimum atomic E-state index is -0.509. The molecule has 0 radical (unpaired) electrons. The Hall–Kier alpha value is -2.89. The van der Waals surface area contributed by atoms with Crippen molar-refractivity contribution in [2.24, 2.45) is 5.92 Å². The molecule has 0 fully saturated rings. The number of nitrogens with zero attached hydrogens (tertiary/aromatic N) is 1. The first-order valence-corrected chi connectivity index (χ1v) is 7.81. The van der Waals surface area contributed by atoms with Gasteiger partial charge in [0.1, 0.15) is 0 Å². The van der Waals surface area contributed by atoms with E-state index in [4.69, 9.17) is 0 Å². The number of amides is 1. The lowest BCUT2D eigenvalue weighted by molar-refractivity contribution is -0.384. The standard InChI is InChI=1S/C18H21N3O3/c1-13(2)17(20-15-8-4-3-5-9-15)12-19-18(22)14-7-6-10-16(11-14)21(23)24/h3-11,13,17,20H,12H2,1-2H3,(H,19,22). The lowest BCUT2D eigenvalue weighted by Crippen LogP contribution is -2.39. The van der Waals surface area contributed by atoms with Gasteiger partial charge in [0.2, 0.25) is 0 Å². The van der Waals surface area contributed by atoms with E-state index in [1.54, 1.807) is 6.07 Å². The largest absolute Gasteiger partial charge is 0.380 e. The molecule has 1 amide bonds. The Kier molecular flexibility index (Phi) is 5.89. The van der Waals surface area contributed by atoms with Gasteiger partial charge in [-0.1, -0.05) is 38.1 Å². The molecule has 2 N–H and O–H groups in total. The third-order valence-corrected chi connectivity index (χ3v) is 3.73. The van der Waals surface area contributed by atoms with Crippen LogP contribution < -0.4 is 10.6 Å². The summed E-state index contributed by atoms with van der Waals surface area (Å²) < 4.78 is 0.